The molecule has 0 fully saturated rings. The first-order valence-electron chi connectivity index (χ1n) is 10.9. The number of hydrogen-bond donors (Lipinski definition) is 2. The van der Waals surface area contributed by atoms with Crippen molar-refractivity contribution in [3.63, 3.8) is 0 Å². The Morgan fingerprint density at radius 1 is 0.559 bits per heavy atom. The second-order valence-corrected chi connectivity index (χ2v) is 10.8. The number of benzene rings is 5. The highest BCUT2D eigenvalue weighted by Gasteiger charge is 2.17. The molecule has 5 aromatic carbocycles. The van der Waals surface area contributed by atoms with Gasteiger partial charge in [0, 0.05) is 40.3 Å². The summed E-state index contributed by atoms with van der Waals surface area (Å²) in [7, 11) is 0. The molecule has 0 aliphatic heterocycles. The van der Waals surface area contributed by atoms with E-state index in [9.17, 15) is 15.0 Å². The minimum atomic E-state index is 0.167. The first kappa shape index (κ1) is 20.9. The molecule has 0 radical (unpaired) electrons. The monoisotopic (exact) mass is 480 g/mol. The van der Waals surface area contributed by atoms with Crippen LogP contribution < -0.4 is 0 Å². The van der Waals surface area contributed by atoms with Crippen LogP contribution in [0.15, 0.2) is 72.8 Å². The number of hydrogen-bond acceptors (Lipinski definition) is 5. The van der Waals surface area contributed by atoms with Crippen molar-refractivity contribution in [2.75, 3.05) is 0 Å². The number of aromatic hydroxyl groups is 2. The lowest BCUT2D eigenvalue weighted by molar-refractivity contribution is -0.114. The third kappa shape index (κ3) is 3.20. The quantitative estimate of drug-likeness (QED) is 0.228. The first-order valence-corrected chi connectivity index (χ1v) is 12.6. The van der Waals surface area contributed by atoms with Crippen LogP contribution in [0.5, 0.6) is 11.5 Å². The molecular weight excluding hydrogens is 460 g/mol. The molecule has 2 heterocycles. The summed E-state index contributed by atoms with van der Waals surface area (Å²) >= 11 is 3.58. The number of Topliss-reactive ketones (excluding diaryl/α,β-unsaturated/α-hetero) is 1. The number of carbonyl (C=O) groups is 1. The lowest BCUT2D eigenvalue weighted by Crippen LogP contribution is -1.78. The third-order valence-corrected chi connectivity index (χ3v) is 8.24. The van der Waals surface area contributed by atoms with Gasteiger partial charge in [-0.15, -0.1) is 22.7 Å². The topological polar surface area (TPSA) is 57.5 Å². The van der Waals surface area contributed by atoms with Crippen LogP contribution in [0.25, 0.3) is 61.9 Å². The predicted molar refractivity (Wildman–Crippen MR) is 147 cm³/mol. The lowest BCUT2D eigenvalue weighted by Gasteiger charge is -2.05. The van der Waals surface area contributed by atoms with Gasteiger partial charge in [-0.3, -0.25) is 0 Å². The summed E-state index contributed by atoms with van der Waals surface area (Å²) in [5, 5.41) is 29.7. The maximum atomic E-state index is 10.2. The van der Waals surface area contributed by atoms with E-state index in [2.05, 4.69) is 36.4 Å². The van der Waals surface area contributed by atoms with Gasteiger partial charge in [-0.2, -0.15) is 0 Å². The van der Waals surface area contributed by atoms with E-state index < -0.39 is 0 Å². The summed E-state index contributed by atoms with van der Waals surface area (Å²) in [5.41, 5.74) is 0. The zero-order valence-electron chi connectivity index (χ0n) is 18.5. The van der Waals surface area contributed by atoms with Crippen molar-refractivity contribution in [2.24, 2.45) is 0 Å². The number of rotatable bonds is 0. The average molecular weight is 481 g/mol. The summed E-state index contributed by atoms with van der Waals surface area (Å²) in [6.07, 6.45) is 0. The molecule has 0 aliphatic rings. The Balaban J connectivity index is 0.000000507. The van der Waals surface area contributed by atoms with Crippen LogP contribution in [0.4, 0.5) is 0 Å². The summed E-state index contributed by atoms with van der Waals surface area (Å²) in [6.45, 7) is 3.06. The highest BCUT2D eigenvalue weighted by atomic mass is 32.1. The molecule has 0 aliphatic carbocycles. The van der Waals surface area contributed by atoms with Gasteiger partial charge in [-0.25, -0.2) is 0 Å². The Morgan fingerprint density at radius 2 is 0.882 bits per heavy atom. The molecule has 0 bridgehead atoms. The molecule has 2 aromatic heterocycles. The Hall–Kier alpha value is -3.67. The molecule has 0 saturated carbocycles. The summed E-state index contributed by atoms with van der Waals surface area (Å²) in [6, 6.07) is 24.3. The number of thiophene rings is 2. The van der Waals surface area contributed by atoms with E-state index >= 15 is 0 Å². The normalized spacial score (nSPS) is 11.6. The molecule has 7 aromatic rings. The van der Waals surface area contributed by atoms with E-state index in [1.807, 2.05) is 24.3 Å². The molecule has 0 spiro atoms. The molecule has 34 heavy (non-hydrogen) atoms. The van der Waals surface area contributed by atoms with Gasteiger partial charge >= 0.3 is 0 Å². The van der Waals surface area contributed by atoms with Crippen LogP contribution >= 0.6 is 22.7 Å². The maximum absolute atomic E-state index is 10.2. The van der Waals surface area contributed by atoms with Crippen molar-refractivity contribution < 1.29 is 15.0 Å². The van der Waals surface area contributed by atoms with Crippen LogP contribution in [0.2, 0.25) is 0 Å². The zero-order chi connectivity index (χ0) is 23.6. The maximum Gasteiger partial charge on any atom is 0.126 e. The van der Waals surface area contributed by atoms with E-state index in [1.54, 1.807) is 34.8 Å². The summed E-state index contributed by atoms with van der Waals surface area (Å²) in [4.78, 5) is 9.44. The van der Waals surface area contributed by atoms with Crippen molar-refractivity contribution in [1.82, 2.24) is 0 Å². The first-order chi connectivity index (χ1) is 16.4. The van der Waals surface area contributed by atoms with Gasteiger partial charge in [0.2, 0.25) is 0 Å². The van der Waals surface area contributed by atoms with Crippen molar-refractivity contribution >= 4 is 90.3 Å². The smallest absolute Gasteiger partial charge is 0.126 e. The van der Waals surface area contributed by atoms with Gasteiger partial charge < -0.3 is 15.0 Å². The molecular formula is C29H20O3S2. The van der Waals surface area contributed by atoms with Crippen LogP contribution in [0.3, 0.4) is 0 Å². The number of phenolic OH excluding ortho intramolecular Hbond substituents is 2. The van der Waals surface area contributed by atoms with Crippen LogP contribution in [-0.2, 0) is 4.79 Å². The van der Waals surface area contributed by atoms with E-state index in [1.165, 1.54) is 54.2 Å². The number of phenols is 2. The van der Waals surface area contributed by atoms with Crippen molar-refractivity contribution in [3.05, 3.63) is 72.8 Å². The number of fused-ring (bicyclic) bond motifs is 11. The number of ketones is 1. The van der Waals surface area contributed by atoms with Gasteiger partial charge in [-0.05, 0) is 83.9 Å². The third-order valence-electron chi connectivity index (χ3n) is 6.00. The van der Waals surface area contributed by atoms with Gasteiger partial charge in [0.25, 0.3) is 0 Å². The molecule has 2 N–H and O–H groups in total. The van der Waals surface area contributed by atoms with E-state index in [4.69, 9.17) is 0 Å². The van der Waals surface area contributed by atoms with Gasteiger partial charge in [0.15, 0.2) is 0 Å². The fourth-order valence-electron chi connectivity index (χ4n) is 4.73. The van der Waals surface area contributed by atoms with Crippen molar-refractivity contribution in [3.8, 4) is 11.5 Å². The lowest BCUT2D eigenvalue weighted by atomic mass is 9.98. The average Bonchev–Trinajstić information content (AvgIpc) is 3.36. The van der Waals surface area contributed by atoms with Gasteiger partial charge in [0.05, 0.1) is 0 Å². The molecule has 0 atom stereocenters. The standard InChI is InChI=1S/C26H14O2S2.C3H6O/c27-15-5-1-13-3-7-19-23(17(13)11-15)25-21(29-19)9-10-22-26(25)24-18-12-16(28)6-2-14(18)4-8-20(24)30-22;1-3(2)4/h1-12,27-28H;1-2H3. The molecule has 3 nitrogen and oxygen atoms in total. The van der Waals surface area contributed by atoms with Crippen molar-refractivity contribution in [2.45, 2.75) is 13.8 Å². The summed E-state index contributed by atoms with van der Waals surface area (Å²) < 4.78 is 4.92. The fraction of sp³-hybridized carbons (Fsp3) is 0.0690. The Labute approximate surface area is 203 Å². The number of carbonyl (C=O) groups excluding carboxylic acids is 1. The van der Waals surface area contributed by atoms with Crippen LogP contribution in [0, 0.1) is 0 Å². The van der Waals surface area contributed by atoms with Crippen LogP contribution in [0.1, 0.15) is 13.8 Å². The minimum Gasteiger partial charge on any atom is -0.508 e. The molecule has 166 valence electrons. The van der Waals surface area contributed by atoms with Gasteiger partial charge in [0.1, 0.15) is 17.3 Å². The predicted octanol–water partition coefficient (Wildman–Crippen LogP) is 8.74. The van der Waals surface area contributed by atoms with Gasteiger partial charge in [-0.1, -0.05) is 24.3 Å². The molecule has 7 rings (SSSR count). The molecule has 0 unspecified atom stereocenters. The Kier molecular flexibility index (Phi) is 4.73. The SMILES string of the molecule is CC(C)=O.Oc1ccc2ccc3sc4ccc5sc6ccc7ccc(O)cc7c6c5c4c3c2c1. The summed E-state index contributed by atoms with van der Waals surface area (Å²) in [5.74, 6) is 0.735. The minimum absolute atomic E-state index is 0.167. The highest BCUT2D eigenvalue weighted by molar-refractivity contribution is 7.28. The Morgan fingerprint density at radius 3 is 1.29 bits per heavy atom. The fourth-order valence-corrected chi connectivity index (χ4v) is 6.99. The largest absolute Gasteiger partial charge is 0.508 e. The van der Waals surface area contributed by atoms with E-state index in [0.29, 0.717) is 0 Å². The second kappa shape index (κ2) is 7.69. The molecule has 0 amide bonds. The van der Waals surface area contributed by atoms with E-state index in [0.717, 1.165) is 21.5 Å². The zero-order valence-corrected chi connectivity index (χ0v) is 20.2. The molecule has 0 saturated heterocycles. The van der Waals surface area contributed by atoms with Crippen LogP contribution in [-0.4, -0.2) is 16.0 Å². The Bertz CT molecular complexity index is 1790. The molecule has 5 heteroatoms. The van der Waals surface area contributed by atoms with E-state index in [-0.39, 0.29) is 17.3 Å². The van der Waals surface area contributed by atoms with Crippen molar-refractivity contribution in [1.29, 1.82) is 0 Å². The highest BCUT2D eigenvalue weighted by Crippen LogP contribution is 2.48. The second-order valence-electron chi connectivity index (χ2n) is 8.61.